The molecule has 0 unspecified atom stereocenters. The van der Waals surface area contributed by atoms with Crippen molar-refractivity contribution in [2.75, 3.05) is 0 Å². The number of rotatable bonds is 2. The Morgan fingerprint density at radius 2 is 2.14 bits per heavy atom. The lowest BCUT2D eigenvalue weighted by Gasteiger charge is -2.17. The fourth-order valence-electron chi connectivity index (χ4n) is 1.35. The van der Waals surface area contributed by atoms with Crippen LogP contribution in [0.2, 0.25) is 0 Å². The van der Waals surface area contributed by atoms with E-state index in [0.717, 1.165) is 17.8 Å². The lowest BCUT2D eigenvalue weighted by atomic mass is 9.97. The van der Waals surface area contributed by atoms with Crippen molar-refractivity contribution in [3.05, 3.63) is 17.5 Å². The first-order chi connectivity index (χ1) is 6.29. The predicted octanol–water partition coefficient (Wildman–Crippen LogP) is 1.52. The monoisotopic (exact) mass is 194 g/mol. The van der Waals surface area contributed by atoms with Gasteiger partial charge in [0.15, 0.2) is 0 Å². The van der Waals surface area contributed by atoms with Crippen LogP contribution in [0.3, 0.4) is 0 Å². The van der Waals surface area contributed by atoms with Gasteiger partial charge in [0, 0.05) is 12.7 Å². The van der Waals surface area contributed by atoms with E-state index in [1.165, 1.54) is 0 Å². The van der Waals surface area contributed by atoms with E-state index in [1.807, 2.05) is 17.8 Å². The number of nitrogens with one attached hydrogen (secondary N) is 1. The molecule has 0 aliphatic heterocycles. The molecule has 1 heterocycles. The van der Waals surface area contributed by atoms with Crippen molar-refractivity contribution in [2.24, 2.45) is 11.1 Å². The summed E-state index contributed by atoms with van der Waals surface area (Å²) in [5, 5.41) is 11.7. The number of hydrogen-bond acceptors (Lipinski definition) is 2. The van der Waals surface area contributed by atoms with Crippen molar-refractivity contribution in [3.8, 4) is 0 Å². The minimum Gasteiger partial charge on any atom is -0.384 e. The molecule has 0 bridgehead atoms. The average molecular weight is 194 g/mol. The molecule has 0 saturated carbocycles. The molecule has 0 aromatic carbocycles. The molecule has 0 radical (unpaired) electrons. The first-order valence-electron chi connectivity index (χ1n) is 4.68. The Balaban J connectivity index is 2.92. The molecule has 0 amide bonds. The minimum atomic E-state index is 0.0858. The molecule has 1 aromatic heterocycles. The fourth-order valence-corrected chi connectivity index (χ4v) is 1.35. The third-order valence-electron chi connectivity index (χ3n) is 1.87. The second-order valence-corrected chi connectivity index (χ2v) is 4.80. The molecule has 4 heteroatoms. The van der Waals surface area contributed by atoms with Crippen LogP contribution in [0.5, 0.6) is 0 Å². The molecule has 4 nitrogen and oxygen atoms in total. The third kappa shape index (κ3) is 2.58. The second-order valence-electron chi connectivity index (χ2n) is 4.80. The molecule has 0 atom stereocenters. The van der Waals surface area contributed by atoms with Crippen LogP contribution in [-0.2, 0) is 6.54 Å². The van der Waals surface area contributed by atoms with Gasteiger partial charge in [0.2, 0.25) is 0 Å². The Kier molecular flexibility index (Phi) is 2.64. The zero-order valence-electron chi connectivity index (χ0n) is 9.26. The minimum absolute atomic E-state index is 0.0858. The SMILES string of the molecule is Cc1nn(CC(C)(C)C)cc1C(=N)N. The lowest BCUT2D eigenvalue weighted by Crippen LogP contribution is -2.16. The molecule has 0 aliphatic rings. The third-order valence-corrected chi connectivity index (χ3v) is 1.87. The first kappa shape index (κ1) is 10.8. The highest BCUT2D eigenvalue weighted by atomic mass is 15.3. The molecule has 0 saturated heterocycles. The van der Waals surface area contributed by atoms with Gasteiger partial charge in [-0.1, -0.05) is 20.8 Å². The molecular weight excluding hydrogens is 176 g/mol. The summed E-state index contributed by atoms with van der Waals surface area (Å²) in [4.78, 5) is 0. The van der Waals surface area contributed by atoms with Crippen LogP contribution in [0.15, 0.2) is 6.20 Å². The average Bonchev–Trinajstić information content (AvgIpc) is 2.26. The molecule has 0 aliphatic carbocycles. The number of nitrogen functional groups attached to an aromatic ring is 1. The Morgan fingerprint density at radius 1 is 1.57 bits per heavy atom. The summed E-state index contributed by atoms with van der Waals surface area (Å²) in [6, 6.07) is 0. The van der Waals surface area contributed by atoms with Crippen molar-refractivity contribution in [2.45, 2.75) is 34.2 Å². The summed E-state index contributed by atoms with van der Waals surface area (Å²) < 4.78 is 1.85. The quantitative estimate of drug-likeness (QED) is 0.553. The van der Waals surface area contributed by atoms with Gasteiger partial charge >= 0.3 is 0 Å². The van der Waals surface area contributed by atoms with Crippen molar-refractivity contribution in [1.82, 2.24) is 9.78 Å². The van der Waals surface area contributed by atoms with Crippen LogP contribution < -0.4 is 5.73 Å². The molecule has 1 rings (SSSR count). The Labute approximate surface area is 84.6 Å². The number of aryl methyl sites for hydroxylation is 1. The molecule has 0 spiro atoms. The molecule has 0 fully saturated rings. The molecule has 1 aromatic rings. The van der Waals surface area contributed by atoms with Gasteiger partial charge in [-0.15, -0.1) is 0 Å². The van der Waals surface area contributed by atoms with Crippen molar-refractivity contribution >= 4 is 5.84 Å². The van der Waals surface area contributed by atoms with Crippen LogP contribution in [-0.4, -0.2) is 15.6 Å². The van der Waals surface area contributed by atoms with E-state index >= 15 is 0 Å². The number of amidine groups is 1. The number of nitrogens with zero attached hydrogens (tertiary/aromatic N) is 2. The van der Waals surface area contributed by atoms with E-state index in [-0.39, 0.29) is 11.3 Å². The fraction of sp³-hybridized carbons (Fsp3) is 0.600. The maximum Gasteiger partial charge on any atom is 0.126 e. The predicted molar refractivity (Wildman–Crippen MR) is 57.4 cm³/mol. The van der Waals surface area contributed by atoms with Gasteiger partial charge in [0.25, 0.3) is 0 Å². The van der Waals surface area contributed by atoms with Crippen LogP contribution in [0.25, 0.3) is 0 Å². The van der Waals surface area contributed by atoms with Crippen LogP contribution >= 0.6 is 0 Å². The largest absolute Gasteiger partial charge is 0.384 e. The van der Waals surface area contributed by atoms with Gasteiger partial charge in [-0.25, -0.2) is 0 Å². The summed E-state index contributed by atoms with van der Waals surface area (Å²) in [6.45, 7) is 9.16. The Hall–Kier alpha value is -1.32. The molecular formula is C10H18N4. The van der Waals surface area contributed by atoms with Crippen molar-refractivity contribution in [3.63, 3.8) is 0 Å². The molecule has 78 valence electrons. The zero-order chi connectivity index (χ0) is 10.9. The van der Waals surface area contributed by atoms with Gasteiger partial charge in [0.1, 0.15) is 5.84 Å². The van der Waals surface area contributed by atoms with Gasteiger partial charge in [-0.2, -0.15) is 5.10 Å². The van der Waals surface area contributed by atoms with Gasteiger partial charge in [0.05, 0.1) is 11.3 Å². The molecule has 14 heavy (non-hydrogen) atoms. The number of hydrogen-bond donors (Lipinski definition) is 2. The number of nitrogens with two attached hydrogens (primary N) is 1. The highest BCUT2D eigenvalue weighted by Crippen LogP contribution is 2.16. The highest BCUT2D eigenvalue weighted by Gasteiger charge is 2.14. The summed E-state index contributed by atoms with van der Waals surface area (Å²) in [5.74, 6) is 0.0858. The van der Waals surface area contributed by atoms with E-state index in [9.17, 15) is 0 Å². The van der Waals surface area contributed by atoms with E-state index in [1.54, 1.807) is 0 Å². The summed E-state index contributed by atoms with van der Waals surface area (Å²) >= 11 is 0. The van der Waals surface area contributed by atoms with Crippen LogP contribution in [0.1, 0.15) is 32.0 Å². The highest BCUT2D eigenvalue weighted by molar-refractivity contribution is 5.95. The van der Waals surface area contributed by atoms with E-state index in [4.69, 9.17) is 11.1 Å². The maximum absolute atomic E-state index is 7.35. The zero-order valence-corrected chi connectivity index (χ0v) is 9.26. The van der Waals surface area contributed by atoms with E-state index in [2.05, 4.69) is 25.9 Å². The molecule has 3 N–H and O–H groups in total. The van der Waals surface area contributed by atoms with Crippen molar-refractivity contribution in [1.29, 1.82) is 5.41 Å². The Morgan fingerprint density at radius 3 is 2.50 bits per heavy atom. The maximum atomic E-state index is 7.35. The normalized spacial score (nSPS) is 11.7. The van der Waals surface area contributed by atoms with Crippen LogP contribution in [0.4, 0.5) is 0 Å². The van der Waals surface area contributed by atoms with E-state index in [0.29, 0.717) is 0 Å². The summed E-state index contributed by atoms with van der Waals surface area (Å²) in [6.07, 6.45) is 1.84. The first-order valence-corrected chi connectivity index (χ1v) is 4.68. The van der Waals surface area contributed by atoms with Crippen molar-refractivity contribution < 1.29 is 0 Å². The topological polar surface area (TPSA) is 67.7 Å². The Bertz CT molecular complexity index is 343. The van der Waals surface area contributed by atoms with Gasteiger partial charge in [-0.05, 0) is 12.3 Å². The van der Waals surface area contributed by atoms with Gasteiger partial charge in [-0.3, -0.25) is 10.1 Å². The smallest absolute Gasteiger partial charge is 0.126 e. The van der Waals surface area contributed by atoms with Crippen LogP contribution in [0, 0.1) is 17.7 Å². The van der Waals surface area contributed by atoms with E-state index < -0.39 is 0 Å². The summed E-state index contributed by atoms with van der Waals surface area (Å²) in [7, 11) is 0. The summed E-state index contributed by atoms with van der Waals surface area (Å²) in [5.41, 5.74) is 7.16. The lowest BCUT2D eigenvalue weighted by molar-refractivity contribution is 0.325. The number of aromatic nitrogens is 2. The standard InChI is InChI=1S/C10H18N4/c1-7-8(9(11)12)5-14(13-7)6-10(2,3)4/h5H,6H2,1-4H3,(H3,11,12). The van der Waals surface area contributed by atoms with Gasteiger partial charge < -0.3 is 5.73 Å². The second kappa shape index (κ2) is 3.44.